The van der Waals surface area contributed by atoms with Crippen molar-refractivity contribution in [1.82, 2.24) is 0 Å². The zero-order valence-corrected chi connectivity index (χ0v) is 10.5. The monoisotopic (exact) mass is 242 g/mol. The molecule has 0 saturated heterocycles. The third-order valence-electron chi connectivity index (χ3n) is 2.87. The highest BCUT2D eigenvalue weighted by Gasteiger charge is 2.17. The third kappa shape index (κ3) is 3.31. The van der Waals surface area contributed by atoms with Gasteiger partial charge >= 0.3 is 0 Å². The van der Waals surface area contributed by atoms with Crippen LogP contribution in [-0.4, -0.2) is 5.78 Å². The van der Waals surface area contributed by atoms with Crippen molar-refractivity contribution in [3.63, 3.8) is 0 Å². The van der Waals surface area contributed by atoms with E-state index in [2.05, 4.69) is 0 Å². The van der Waals surface area contributed by atoms with Gasteiger partial charge in [-0.3, -0.25) is 4.79 Å². The molecule has 0 aromatic heterocycles. The largest absolute Gasteiger partial charge is 0.299 e. The van der Waals surface area contributed by atoms with Crippen LogP contribution in [0.5, 0.6) is 0 Å². The number of benzene rings is 1. The Morgan fingerprint density at radius 3 is 2.50 bits per heavy atom. The second kappa shape index (κ2) is 5.44. The molecule has 0 N–H and O–H groups in total. The summed E-state index contributed by atoms with van der Waals surface area (Å²) in [6.45, 7) is 5.94. The Morgan fingerprint density at radius 1 is 1.38 bits per heavy atom. The molecule has 0 saturated carbocycles. The Hall–Kier alpha value is -0.890. The molecule has 0 spiro atoms. The van der Waals surface area contributed by atoms with Crippen LogP contribution in [-0.2, 0) is 11.2 Å². The van der Waals surface area contributed by atoms with Gasteiger partial charge in [-0.2, -0.15) is 0 Å². The lowest BCUT2D eigenvalue weighted by Gasteiger charge is -2.14. The van der Waals surface area contributed by atoms with E-state index in [4.69, 9.17) is 11.6 Å². The first-order valence-corrected chi connectivity index (χ1v) is 5.76. The molecule has 0 amide bonds. The Morgan fingerprint density at radius 2 is 2.00 bits per heavy atom. The lowest BCUT2D eigenvalue weighted by molar-refractivity contribution is -0.122. The maximum Gasteiger partial charge on any atom is 0.141 e. The molecule has 1 atom stereocenters. The van der Waals surface area contributed by atoms with E-state index >= 15 is 0 Å². The Kier molecular flexibility index (Phi) is 4.48. The number of Topliss-reactive ketones (excluding diaryl/α,β-unsaturated/α-hetero) is 1. The van der Waals surface area contributed by atoms with Crippen LogP contribution in [0.25, 0.3) is 0 Å². The fraction of sp³-hybridized carbons (Fsp3) is 0.462. The predicted octanol–water partition coefficient (Wildman–Crippen LogP) is 3.88. The SMILES string of the molecule is CC(C)C(C)C(=O)Cc1ccc(F)c(Cl)c1. The minimum Gasteiger partial charge on any atom is -0.299 e. The Balaban J connectivity index is 2.74. The van der Waals surface area contributed by atoms with Gasteiger partial charge in [-0.1, -0.05) is 38.4 Å². The smallest absolute Gasteiger partial charge is 0.141 e. The molecule has 0 radical (unpaired) electrons. The van der Waals surface area contributed by atoms with Gasteiger partial charge in [0.2, 0.25) is 0 Å². The molecule has 0 bridgehead atoms. The highest BCUT2D eigenvalue weighted by molar-refractivity contribution is 6.30. The average Bonchev–Trinajstić information content (AvgIpc) is 2.22. The second-order valence-electron chi connectivity index (χ2n) is 4.42. The van der Waals surface area contributed by atoms with Crippen LogP contribution in [0.2, 0.25) is 5.02 Å². The summed E-state index contributed by atoms with van der Waals surface area (Å²) in [6, 6.07) is 4.42. The number of halogens is 2. The summed E-state index contributed by atoms with van der Waals surface area (Å²) in [7, 11) is 0. The van der Waals surface area contributed by atoms with Crippen LogP contribution in [0, 0.1) is 17.7 Å². The van der Waals surface area contributed by atoms with E-state index in [1.807, 2.05) is 20.8 Å². The van der Waals surface area contributed by atoms with Crippen LogP contribution < -0.4 is 0 Å². The Labute approximate surface area is 101 Å². The van der Waals surface area contributed by atoms with Gasteiger partial charge < -0.3 is 0 Å². The second-order valence-corrected chi connectivity index (χ2v) is 4.83. The van der Waals surface area contributed by atoms with Gasteiger partial charge in [0, 0.05) is 12.3 Å². The molecule has 1 nitrogen and oxygen atoms in total. The molecule has 1 aromatic rings. The molecule has 1 rings (SSSR count). The van der Waals surface area contributed by atoms with Crippen molar-refractivity contribution in [2.75, 3.05) is 0 Å². The van der Waals surface area contributed by atoms with E-state index in [1.165, 1.54) is 12.1 Å². The summed E-state index contributed by atoms with van der Waals surface area (Å²) in [4.78, 5) is 11.8. The van der Waals surface area contributed by atoms with Crippen LogP contribution in [0.4, 0.5) is 4.39 Å². The van der Waals surface area contributed by atoms with Crippen molar-refractivity contribution < 1.29 is 9.18 Å². The van der Waals surface area contributed by atoms with E-state index in [0.29, 0.717) is 12.3 Å². The maximum absolute atomic E-state index is 12.9. The van der Waals surface area contributed by atoms with Gasteiger partial charge in [-0.25, -0.2) is 4.39 Å². The zero-order valence-electron chi connectivity index (χ0n) is 9.76. The lowest BCUT2D eigenvalue weighted by Crippen LogP contribution is -2.18. The van der Waals surface area contributed by atoms with E-state index < -0.39 is 5.82 Å². The van der Waals surface area contributed by atoms with Crippen molar-refractivity contribution in [3.8, 4) is 0 Å². The quantitative estimate of drug-likeness (QED) is 0.783. The van der Waals surface area contributed by atoms with Crippen molar-refractivity contribution >= 4 is 17.4 Å². The zero-order chi connectivity index (χ0) is 12.3. The van der Waals surface area contributed by atoms with Crippen LogP contribution in [0.15, 0.2) is 18.2 Å². The molecule has 0 aliphatic rings. The van der Waals surface area contributed by atoms with E-state index in [9.17, 15) is 9.18 Å². The van der Waals surface area contributed by atoms with Crippen molar-refractivity contribution in [3.05, 3.63) is 34.6 Å². The average molecular weight is 243 g/mol. The standard InChI is InChI=1S/C13H16ClFO/c1-8(2)9(3)13(16)7-10-4-5-12(15)11(14)6-10/h4-6,8-9H,7H2,1-3H3. The molecule has 88 valence electrons. The summed E-state index contributed by atoms with van der Waals surface area (Å²) in [5.74, 6) is 0.0553. The first kappa shape index (κ1) is 13.2. The van der Waals surface area contributed by atoms with E-state index in [0.717, 1.165) is 5.56 Å². The van der Waals surface area contributed by atoms with Crippen LogP contribution >= 0.6 is 11.6 Å². The number of hydrogen-bond donors (Lipinski definition) is 0. The highest BCUT2D eigenvalue weighted by Crippen LogP contribution is 2.19. The van der Waals surface area contributed by atoms with Gasteiger partial charge in [0.25, 0.3) is 0 Å². The van der Waals surface area contributed by atoms with Gasteiger partial charge in [-0.15, -0.1) is 0 Å². The normalized spacial score (nSPS) is 12.9. The molecule has 3 heteroatoms. The first-order chi connectivity index (χ1) is 7.41. The summed E-state index contributed by atoms with van der Waals surface area (Å²) >= 11 is 5.65. The molecule has 0 fully saturated rings. The van der Waals surface area contributed by atoms with Crippen molar-refractivity contribution in [2.45, 2.75) is 27.2 Å². The molecular weight excluding hydrogens is 227 g/mol. The first-order valence-electron chi connectivity index (χ1n) is 5.38. The molecule has 0 aliphatic heterocycles. The Bertz CT molecular complexity index is 388. The van der Waals surface area contributed by atoms with Crippen molar-refractivity contribution in [1.29, 1.82) is 0 Å². The van der Waals surface area contributed by atoms with Crippen molar-refractivity contribution in [2.24, 2.45) is 11.8 Å². The highest BCUT2D eigenvalue weighted by atomic mass is 35.5. The number of carbonyl (C=O) groups is 1. The number of hydrogen-bond acceptors (Lipinski definition) is 1. The summed E-state index contributed by atoms with van der Waals surface area (Å²) in [5, 5.41) is 0.0718. The maximum atomic E-state index is 12.9. The number of carbonyl (C=O) groups excluding carboxylic acids is 1. The van der Waals surface area contributed by atoms with Gasteiger partial charge in [0.1, 0.15) is 11.6 Å². The summed E-state index contributed by atoms with van der Waals surface area (Å²) < 4.78 is 12.9. The number of ketones is 1. The van der Waals surface area contributed by atoms with Gasteiger partial charge in [0.15, 0.2) is 0 Å². The molecule has 0 heterocycles. The molecule has 16 heavy (non-hydrogen) atoms. The van der Waals surface area contributed by atoms with Gasteiger partial charge in [-0.05, 0) is 23.6 Å². The fourth-order valence-corrected chi connectivity index (χ4v) is 1.59. The van der Waals surface area contributed by atoms with Crippen LogP contribution in [0.1, 0.15) is 26.3 Å². The van der Waals surface area contributed by atoms with E-state index in [-0.39, 0.29) is 16.7 Å². The van der Waals surface area contributed by atoms with Crippen LogP contribution in [0.3, 0.4) is 0 Å². The summed E-state index contributed by atoms with van der Waals surface area (Å²) in [6.07, 6.45) is 0.319. The minimum absolute atomic E-state index is 0.0174. The minimum atomic E-state index is -0.449. The summed E-state index contributed by atoms with van der Waals surface area (Å²) in [5.41, 5.74) is 0.768. The molecule has 0 aliphatic carbocycles. The third-order valence-corrected chi connectivity index (χ3v) is 3.16. The molecular formula is C13H16ClFO. The topological polar surface area (TPSA) is 17.1 Å². The van der Waals surface area contributed by atoms with E-state index in [1.54, 1.807) is 6.07 Å². The number of rotatable bonds is 4. The fourth-order valence-electron chi connectivity index (χ4n) is 1.38. The molecule has 1 unspecified atom stereocenters. The molecule has 1 aromatic carbocycles. The lowest BCUT2D eigenvalue weighted by atomic mass is 9.90. The predicted molar refractivity (Wildman–Crippen MR) is 64.1 cm³/mol. The van der Waals surface area contributed by atoms with Gasteiger partial charge in [0.05, 0.1) is 5.02 Å².